The maximum absolute atomic E-state index is 10.8. The van der Waals surface area contributed by atoms with Gasteiger partial charge in [-0.3, -0.25) is 0 Å². The molecule has 0 heterocycles. The van der Waals surface area contributed by atoms with E-state index >= 15 is 0 Å². The second kappa shape index (κ2) is 6.41. The van der Waals surface area contributed by atoms with Crippen molar-refractivity contribution in [2.75, 3.05) is 7.11 Å². The number of hydrogen-bond donors (Lipinski definition) is 0. The lowest BCUT2D eigenvalue weighted by Gasteiger charge is -2.21. The minimum atomic E-state index is -0.287. The van der Waals surface area contributed by atoms with Gasteiger partial charge in [0.15, 0.2) is 0 Å². The van der Waals surface area contributed by atoms with E-state index in [0.29, 0.717) is 0 Å². The van der Waals surface area contributed by atoms with Gasteiger partial charge in [0.05, 0.1) is 7.11 Å². The molecule has 0 aromatic carbocycles. The van der Waals surface area contributed by atoms with Gasteiger partial charge >= 0.3 is 5.97 Å². The van der Waals surface area contributed by atoms with Crippen molar-refractivity contribution < 1.29 is 9.53 Å². The summed E-state index contributed by atoms with van der Waals surface area (Å²) in [5, 5.41) is 0. The molecule has 0 saturated heterocycles. The van der Waals surface area contributed by atoms with Crippen LogP contribution in [0.4, 0.5) is 0 Å². The van der Waals surface area contributed by atoms with Crippen LogP contribution in [0, 0.1) is 5.41 Å². The lowest BCUT2D eigenvalue weighted by Crippen LogP contribution is -2.09. The minimum absolute atomic E-state index is 0.221. The Hall–Kier alpha value is -1.05. The number of hydrogen-bond acceptors (Lipinski definition) is 2. The quantitative estimate of drug-likeness (QED) is 0.370. The van der Waals surface area contributed by atoms with Gasteiger partial charge in [-0.2, -0.15) is 0 Å². The SMILES string of the molecule is C=CCCC(C)(C)C/C=C/C(=O)OC. The summed E-state index contributed by atoms with van der Waals surface area (Å²) >= 11 is 0. The van der Waals surface area contributed by atoms with Gasteiger partial charge < -0.3 is 4.74 Å². The van der Waals surface area contributed by atoms with Crippen molar-refractivity contribution >= 4 is 5.97 Å². The molecule has 0 aliphatic carbocycles. The highest BCUT2D eigenvalue weighted by Crippen LogP contribution is 2.27. The van der Waals surface area contributed by atoms with Gasteiger partial charge in [-0.15, -0.1) is 6.58 Å². The van der Waals surface area contributed by atoms with Crippen LogP contribution in [0.5, 0.6) is 0 Å². The molecule has 0 unspecified atom stereocenters. The topological polar surface area (TPSA) is 26.3 Å². The predicted octanol–water partition coefficient (Wildman–Crippen LogP) is 3.10. The first-order valence-corrected chi connectivity index (χ1v) is 4.87. The maximum Gasteiger partial charge on any atom is 0.330 e. The van der Waals surface area contributed by atoms with E-state index in [1.165, 1.54) is 13.2 Å². The van der Waals surface area contributed by atoms with E-state index in [1.54, 1.807) is 0 Å². The van der Waals surface area contributed by atoms with E-state index in [1.807, 2.05) is 12.2 Å². The highest BCUT2D eigenvalue weighted by atomic mass is 16.5. The van der Waals surface area contributed by atoms with Crippen molar-refractivity contribution in [3.05, 3.63) is 24.8 Å². The molecule has 0 N–H and O–H groups in total. The summed E-state index contributed by atoms with van der Waals surface area (Å²) in [4.78, 5) is 10.8. The van der Waals surface area contributed by atoms with Gasteiger partial charge in [0, 0.05) is 6.08 Å². The number of allylic oxidation sites excluding steroid dienone is 2. The summed E-state index contributed by atoms with van der Waals surface area (Å²) in [5.41, 5.74) is 0.221. The summed E-state index contributed by atoms with van der Waals surface area (Å²) in [7, 11) is 1.38. The fourth-order valence-corrected chi connectivity index (χ4v) is 1.14. The maximum atomic E-state index is 10.8. The number of rotatable bonds is 6. The van der Waals surface area contributed by atoms with Crippen LogP contribution in [-0.2, 0) is 9.53 Å². The first-order chi connectivity index (χ1) is 6.52. The van der Waals surface area contributed by atoms with Gasteiger partial charge in [-0.05, 0) is 24.7 Å². The Labute approximate surface area is 86.6 Å². The molecule has 0 atom stereocenters. The monoisotopic (exact) mass is 196 g/mol. The number of esters is 1. The van der Waals surface area contributed by atoms with Crippen LogP contribution in [0.1, 0.15) is 33.1 Å². The first-order valence-electron chi connectivity index (χ1n) is 4.87. The van der Waals surface area contributed by atoms with E-state index in [9.17, 15) is 4.79 Å². The average molecular weight is 196 g/mol. The molecule has 0 bridgehead atoms. The number of carbonyl (C=O) groups is 1. The molecule has 0 radical (unpaired) electrons. The zero-order chi connectivity index (χ0) is 11.0. The van der Waals surface area contributed by atoms with Crippen LogP contribution in [0.3, 0.4) is 0 Å². The largest absolute Gasteiger partial charge is 0.466 e. The highest BCUT2D eigenvalue weighted by Gasteiger charge is 2.14. The van der Waals surface area contributed by atoms with Gasteiger partial charge in [0.25, 0.3) is 0 Å². The van der Waals surface area contributed by atoms with E-state index < -0.39 is 0 Å². The van der Waals surface area contributed by atoms with Crippen LogP contribution >= 0.6 is 0 Å². The Bertz CT molecular complexity index is 214. The van der Waals surface area contributed by atoms with E-state index in [-0.39, 0.29) is 11.4 Å². The molecule has 2 heteroatoms. The minimum Gasteiger partial charge on any atom is -0.466 e. The Morgan fingerprint density at radius 3 is 2.64 bits per heavy atom. The summed E-state index contributed by atoms with van der Waals surface area (Å²) < 4.78 is 4.50. The molecular formula is C12H20O2. The van der Waals surface area contributed by atoms with Gasteiger partial charge in [0.1, 0.15) is 0 Å². The van der Waals surface area contributed by atoms with Crippen molar-refractivity contribution in [1.82, 2.24) is 0 Å². The van der Waals surface area contributed by atoms with Crippen molar-refractivity contribution in [3.63, 3.8) is 0 Å². The first kappa shape index (κ1) is 12.9. The summed E-state index contributed by atoms with van der Waals surface area (Å²) in [6.45, 7) is 8.05. The van der Waals surface area contributed by atoms with E-state index in [0.717, 1.165) is 19.3 Å². The molecule has 0 fully saturated rings. The predicted molar refractivity (Wildman–Crippen MR) is 59.0 cm³/mol. The zero-order valence-corrected chi connectivity index (χ0v) is 9.38. The normalized spacial score (nSPS) is 11.6. The van der Waals surface area contributed by atoms with Gasteiger partial charge in [0.2, 0.25) is 0 Å². The van der Waals surface area contributed by atoms with Crippen LogP contribution < -0.4 is 0 Å². The van der Waals surface area contributed by atoms with Crippen LogP contribution in [0.25, 0.3) is 0 Å². The van der Waals surface area contributed by atoms with Crippen molar-refractivity contribution in [3.8, 4) is 0 Å². The third-order valence-electron chi connectivity index (χ3n) is 2.15. The van der Waals surface area contributed by atoms with Gasteiger partial charge in [-0.25, -0.2) is 4.79 Å². The molecule has 0 saturated carbocycles. The van der Waals surface area contributed by atoms with Crippen LogP contribution in [0.2, 0.25) is 0 Å². The third-order valence-corrected chi connectivity index (χ3v) is 2.15. The molecule has 0 amide bonds. The van der Waals surface area contributed by atoms with Crippen LogP contribution in [-0.4, -0.2) is 13.1 Å². The molecule has 80 valence electrons. The number of methoxy groups -OCH3 is 1. The molecule has 0 aliphatic heterocycles. The Balaban J connectivity index is 3.90. The van der Waals surface area contributed by atoms with Gasteiger partial charge in [-0.1, -0.05) is 26.0 Å². The average Bonchev–Trinajstić information content (AvgIpc) is 2.14. The summed E-state index contributed by atoms with van der Waals surface area (Å²) in [5.74, 6) is -0.287. The van der Waals surface area contributed by atoms with E-state index in [2.05, 4.69) is 25.2 Å². The van der Waals surface area contributed by atoms with Crippen molar-refractivity contribution in [1.29, 1.82) is 0 Å². The molecule has 0 aromatic heterocycles. The molecule has 0 aliphatic rings. The van der Waals surface area contributed by atoms with Crippen molar-refractivity contribution in [2.24, 2.45) is 5.41 Å². The molecule has 0 rings (SSSR count). The third kappa shape index (κ3) is 6.46. The fraction of sp³-hybridized carbons (Fsp3) is 0.583. The van der Waals surface area contributed by atoms with E-state index in [4.69, 9.17) is 0 Å². The summed E-state index contributed by atoms with van der Waals surface area (Å²) in [6.07, 6.45) is 8.26. The molecule has 14 heavy (non-hydrogen) atoms. The Kier molecular flexibility index (Phi) is 5.93. The lowest BCUT2D eigenvalue weighted by molar-refractivity contribution is -0.134. The lowest BCUT2D eigenvalue weighted by atomic mass is 9.84. The second-order valence-corrected chi connectivity index (χ2v) is 4.12. The molecule has 0 spiro atoms. The van der Waals surface area contributed by atoms with Crippen LogP contribution in [0.15, 0.2) is 24.8 Å². The molecule has 2 nitrogen and oxygen atoms in total. The highest BCUT2D eigenvalue weighted by molar-refractivity contribution is 5.81. The molecular weight excluding hydrogens is 176 g/mol. The Morgan fingerprint density at radius 1 is 1.50 bits per heavy atom. The molecule has 0 aromatic rings. The smallest absolute Gasteiger partial charge is 0.330 e. The van der Waals surface area contributed by atoms with Crippen molar-refractivity contribution in [2.45, 2.75) is 33.1 Å². The fourth-order valence-electron chi connectivity index (χ4n) is 1.14. The number of ether oxygens (including phenoxy) is 1. The Morgan fingerprint density at radius 2 is 2.14 bits per heavy atom. The second-order valence-electron chi connectivity index (χ2n) is 4.12. The zero-order valence-electron chi connectivity index (χ0n) is 9.38. The standard InChI is InChI=1S/C12H20O2/c1-5-6-9-12(2,3)10-7-8-11(13)14-4/h5,7-8H,1,6,9-10H2,2-4H3/b8-7+. The summed E-state index contributed by atoms with van der Waals surface area (Å²) in [6, 6.07) is 0. The number of carbonyl (C=O) groups excluding carboxylic acids is 1.